The second kappa shape index (κ2) is 3.86. The molecule has 17 heavy (non-hydrogen) atoms. The van der Waals surface area contributed by atoms with E-state index in [0.717, 1.165) is 27.7 Å². The summed E-state index contributed by atoms with van der Waals surface area (Å²) in [5, 5.41) is 9.41. The van der Waals surface area contributed by atoms with E-state index in [2.05, 4.69) is 11.1 Å². The largest absolute Gasteiger partial charge is 0.454 e. The number of fused-ring (bicyclic) bond motifs is 2. The maximum Gasteiger partial charge on any atom is 0.231 e. The maximum atomic E-state index is 8.58. The standard InChI is InChI=1S/C11H9N3O2S/c1-14-8-5-10-9(15-6-16-10)4-7(8)13-11(14)17-3-2-12/h4-5H,3,6H2,1H3. The summed E-state index contributed by atoms with van der Waals surface area (Å²) in [6.07, 6.45) is 0. The number of hydrogen-bond donors (Lipinski definition) is 0. The first-order valence-electron chi connectivity index (χ1n) is 5.05. The lowest BCUT2D eigenvalue weighted by Crippen LogP contribution is -1.93. The Bertz CT molecular complexity index is 630. The zero-order valence-electron chi connectivity index (χ0n) is 9.14. The summed E-state index contributed by atoms with van der Waals surface area (Å²) in [5.74, 6) is 1.87. The van der Waals surface area contributed by atoms with E-state index in [1.165, 1.54) is 11.8 Å². The monoisotopic (exact) mass is 247 g/mol. The Balaban J connectivity index is 2.11. The van der Waals surface area contributed by atoms with E-state index in [-0.39, 0.29) is 6.79 Å². The van der Waals surface area contributed by atoms with Gasteiger partial charge in [0, 0.05) is 19.2 Å². The van der Waals surface area contributed by atoms with E-state index in [1.54, 1.807) is 0 Å². The minimum Gasteiger partial charge on any atom is -0.454 e. The van der Waals surface area contributed by atoms with Gasteiger partial charge in [0.2, 0.25) is 6.79 Å². The van der Waals surface area contributed by atoms with Crippen molar-refractivity contribution in [3.05, 3.63) is 12.1 Å². The number of hydrogen-bond acceptors (Lipinski definition) is 5. The third-order valence-electron chi connectivity index (χ3n) is 2.60. The highest BCUT2D eigenvalue weighted by Crippen LogP contribution is 2.36. The summed E-state index contributed by atoms with van der Waals surface area (Å²) in [7, 11) is 1.93. The predicted octanol–water partition coefficient (Wildman–Crippen LogP) is 1.92. The van der Waals surface area contributed by atoms with Crippen LogP contribution < -0.4 is 9.47 Å². The number of rotatable bonds is 2. The second-order valence-electron chi connectivity index (χ2n) is 3.59. The van der Waals surface area contributed by atoms with Crippen LogP contribution in [0.2, 0.25) is 0 Å². The second-order valence-corrected chi connectivity index (χ2v) is 4.54. The van der Waals surface area contributed by atoms with E-state index in [4.69, 9.17) is 14.7 Å². The van der Waals surface area contributed by atoms with E-state index in [9.17, 15) is 0 Å². The fourth-order valence-corrected chi connectivity index (χ4v) is 2.43. The van der Waals surface area contributed by atoms with Gasteiger partial charge in [-0.25, -0.2) is 4.98 Å². The van der Waals surface area contributed by atoms with Gasteiger partial charge < -0.3 is 14.0 Å². The molecule has 0 bridgehead atoms. The van der Waals surface area contributed by atoms with Crippen LogP contribution in [0.3, 0.4) is 0 Å². The highest BCUT2D eigenvalue weighted by Gasteiger charge is 2.17. The molecule has 0 saturated carbocycles. The summed E-state index contributed by atoms with van der Waals surface area (Å²) >= 11 is 1.42. The molecule has 0 N–H and O–H groups in total. The van der Waals surface area contributed by atoms with Crippen molar-refractivity contribution in [2.45, 2.75) is 5.16 Å². The number of benzene rings is 1. The molecular formula is C11H9N3O2S. The van der Waals surface area contributed by atoms with E-state index >= 15 is 0 Å². The van der Waals surface area contributed by atoms with E-state index < -0.39 is 0 Å². The lowest BCUT2D eigenvalue weighted by atomic mass is 10.3. The van der Waals surface area contributed by atoms with Crippen LogP contribution in [0.5, 0.6) is 11.5 Å². The minimum absolute atomic E-state index is 0.266. The van der Waals surface area contributed by atoms with Gasteiger partial charge >= 0.3 is 0 Å². The average Bonchev–Trinajstić information content (AvgIpc) is 2.89. The molecule has 0 aliphatic carbocycles. The van der Waals surface area contributed by atoms with Crippen LogP contribution in [0.1, 0.15) is 0 Å². The van der Waals surface area contributed by atoms with Crippen molar-refractivity contribution < 1.29 is 9.47 Å². The van der Waals surface area contributed by atoms with Gasteiger partial charge in [0.1, 0.15) is 0 Å². The summed E-state index contributed by atoms with van der Waals surface area (Å²) < 4.78 is 12.6. The third-order valence-corrected chi connectivity index (χ3v) is 3.50. The van der Waals surface area contributed by atoms with E-state index in [0.29, 0.717) is 5.75 Å². The van der Waals surface area contributed by atoms with Gasteiger partial charge in [-0.2, -0.15) is 5.26 Å². The van der Waals surface area contributed by atoms with Crippen molar-refractivity contribution in [1.82, 2.24) is 9.55 Å². The van der Waals surface area contributed by atoms with Crippen LogP contribution in [0.15, 0.2) is 17.3 Å². The first kappa shape index (κ1) is 10.3. The average molecular weight is 247 g/mol. The van der Waals surface area contributed by atoms with Gasteiger partial charge in [-0.1, -0.05) is 11.8 Å². The lowest BCUT2D eigenvalue weighted by Gasteiger charge is -1.99. The Morgan fingerprint density at radius 1 is 1.47 bits per heavy atom. The van der Waals surface area contributed by atoms with Crippen LogP contribution >= 0.6 is 11.8 Å². The number of imidazole rings is 1. The Hall–Kier alpha value is -1.87. The van der Waals surface area contributed by atoms with Crippen LogP contribution in [0, 0.1) is 11.3 Å². The molecule has 5 nitrogen and oxygen atoms in total. The lowest BCUT2D eigenvalue weighted by molar-refractivity contribution is 0.174. The molecule has 3 rings (SSSR count). The maximum absolute atomic E-state index is 8.58. The number of ether oxygens (including phenoxy) is 2. The third kappa shape index (κ3) is 1.59. The molecule has 1 aromatic carbocycles. The quantitative estimate of drug-likeness (QED) is 0.759. The zero-order valence-corrected chi connectivity index (χ0v) is 9.95. The van der Waals surface area contributed by atoms with Gasteiger partial charge in [-0.3, -0.25) is 0 Å². The Labute approximate surface area is 102 Å². The Kier molecular flexibility index (Phi) is 2.34. The molecule has 1 aliphatic rings. The topological polar surface area (TPSA) is 60.1 Å². The molecule has 0 unspecified atom stereocenters. The van der Waals surface area contributed by atoms with Gasteiger partial charge in [-0.15, -0.1) is 0 Å². The fourth-order valence-electron chi connectivity index (χ4n) is 1.79. The van der Waals surface area contributed by atoms with Gasteiger partial charge in [0.25, 0.3) is 0 Å². The van der Waals surface area contributed by atoms with Gasteiger partial charge in [0.15, 0.2) is 16.7 Å². The van der Waals surface area contributed by atoms with Crippen molar-refractivity contribution in [3.63, 3.8) is 0 Å². The first-order valence-corrected chi connectivity index (χ1v) is 6.04. The number of nitrogens with zero attached hydrogens (tertiary/aromatic N) is 3. The number of thioether (sulfide) groups is 1. The van der Waals surface area contributed by atoms with Crippen LogP contribution in [-0.4, -0.2) is 22.1 Å². The van der Waals surface area contributed by atoms with Gasteiger partial charge in [-0.05, 0) is 0 Å². The van der Waals surface area contributed by atoms with Crippen molar-refractivity contribution in [2.24, 2.45) is 7.05 Å². The molecule has 0 atom stereocenters. The summed E-state index contributed by atoms with van der Waals surface area (Å²) in [4.78, 5) is 4.47. The van der Waals surface area contributed by atoms with Crippen LogP contribution in [0.25, 0.3) is 11.0 Å². The van der Waals surface area contributed by atoms with Crippen LogP contribution in [0.4, 0.5) is 0 Å². The van der Waals surface area contributed by atoms with Crippen molar-refractivity contribution in [3.8, 4) is 17.6 Å². The highest BCUT2D eigenvalue weighted by molar-refractivity contribution is 7.99. The SMILES string of the molecule is Cn1c(SCC#N)nc2cc3c(cc21)OCO3. The molecule has 0 amide bonds. The van der Waals surface area contributed by atoms with Gasteiger partial charge in [0.05, 0.1) is 22.9 Å². The Morgan fingerprint density at radius 3 is 3.00 bits per heavy atom. The molecule has 0 radical (unpaired) electrons. The predicted molar refractivity (Wildman–Crippen MR) is 63.2 cm³/mol. The highest BCUT2D eigenvalue weighted by atomic mass is 32.2. The summed E-state index contributed by atoms with van der Waals surface area (Å²) in [6, 6.07) is 5.88. The zero-order chi connectivity index (χ0) is 11.8. The molecule has 2 aromatic rings. The molecule has 0 fully saturated rings. The summed E-state index contributed by atoms with van der Waals surface area (Å²) in [5.41, 5.74) is 1.84. The molecule has 1 aliphatic heterocycles. The molecule has 1 aromatic heterocycles. The van der Waals surface area contributed by atoms with Crippen LogP contribution in [-0.2, 0) is 7.05 Å². The molecule has 0 spiro atoms. The molecule has 86 valence electrons. The van der Waals surface area contributed by atoms with E-state index in [1.807, 2.05) is 23.7 Å². The summed E-state index contributed by atoms with van der Waals surface area (Å²) in [6.45, 7) is 0.266. The number of nitriles is 1. The fraction of sp³-hybridized carbons (Fsp3) is 0.273. The van der Waals surface area contributed by atoms with Crippen molar-refractivity contribution in [1.29, 1.82) is 5.26 Å². The first-order chi connectivity index (χ1) is 8.29. The smallest absolute Gasteiger partial charge is 0.231 e. The Morgan fingerprint density at radius 2 is 2.24 bits per heavy atom. The number of aromatic nitrogens is 2. The molecule has 6 heteroatoms. The van der Waals surface area contributed by atoms with Crippen molar-refractivity contribution in [2.75, 3.05) is 12.5 Å². The molecule has 2 heterocycles. The van der Waals surface area contributed by atoms with Crippen molar-refractivity contribution >= 4 is 22.8 Å². The number of aryl methyl sites for hydroxylation is 1. The molecular weight excluding hydrogens is 238 g/mol. The molecule has 0 saturated heterocycles. The normalized spacial score (nSPS) is 12.9. The minimum atomic E-state index is 0.266.